The van der Waals surface area contributed by atoms with Gasteiger partial charge in [0.05, 0.1) is 12.8 Å². The van der Waals surface area contributed by atoms with Gasteiger partial charge in [-0.05, 0) is 25.0 Å². The first-order valence-electron chi connectivity index (χ1n) is 6.64. The van der Waals surface area contributed by atoms with E-state index in [1.165, 1.54) is 0 Å². The maximum atomic E-state index is 5.67. The summed E-state index contributed by atoms with van der Waals surface area (Å²) in [5.74, 6) is 1.41. The second-order valence-electron chi connectivity index (χ2n) is 4.53. The number of nitrogens with two attached hydrogens (primary N) is 1. The zero-order valence-corrected chi connectivity index (χ0v) is 12.1. The van der Waals surface area contributed by atoms with Gasteiger partial charge < -0.3 is 15.8 Å². The molecule has 0 bridgehead atoms. The van der Waals surface area contributed by atoms with Crippen LogP contribution in [0.3, 0.4) is 0 Å². The molecule has 3 N–H and O–H groups in total. The van der Waals surface area contributed by atoms with Crippen LogP contribution in [0, 0.1) is 6.92 Å². The van der Waals surface area contributed by atoms with Crippen molar-refractivity contribution in [1.29, 1.82) is 0 Å². The third-order valence-electron chi connectivity index (χ3n) is 3.17. The van der Waals surface area contributed by atoms with E-state index in [9.17, 15) is 0 Å². The molecule has 106 valence electrons. The summed E-state index contributed by atoms with van der Waals surface area (Å²) in [6.07, 6.45) is 2.61. The Bertz CT molecular complexity index is 598. The number of benzene rings is 1. The third kappa shape index (κ3) is 3.05. The van der Waals surface area contributed by atoms with E-state index in [2.05, 4.69) is 22.2 Å². The van der Waals surface area contributed by atoms with Crippen molar-refractivity contribution in [3.8, 4) is 5.75 Å². The minimum Gasteiger partial charge on any atom is -0.496 e. The normalized spacial score (nSPS) is 10.4. The molecule has 1 aromatic carbocycles. The van der Waals surface area contributed by atoms with Crippen molar-refractivity contribution < 1.29 is 4.74 Å². The highest BCUT2D eigenvalue weighted by molar-refractivity contribution is 5.57. The van der Waals surface area contributed by atoms with Crippen molar-refractivity contribution >= 4 is 11.6 Å². The van der Waals surface area contributed by atoms with Crippen LogP contribution in [0.25, 0.3) is 0 Å². The molecule has 20 heavy (non-hydrogen) atoms. The number of aryl methyl sites for hydroxylation is 2. The van der Waals surface area contributed by atoms with E-state index in [4.69, 9.17) is 10.5 Å². The predicted molar refractivity (Wildman–Crippen MR) is 80.3 cm³/mol. The van der Waals surface area contributed by atoms with Gasteiger partial charge in [-0.25, -0.2) is 9.97 Å². The molecule has 0 spiro atoms. The van der Waals surface area contributed by atoms with E-state index in [1.807, 2.05) is 25.1 Å². The van der Waals surface area contributed by atoms with Crippen LogP contribution in [0.15, 0.2) is 24.4 Å². The molecular weight excluding hydrogens is 252 g/mol. The molecule has 5 nitrogen and oxygen atoms in total. The Hall–Kier alpha value is -2.14. The van der Waals surface area contributed by atoms with Gasteiger partial charge in [0.15, 0.2) is 0 Å². The Balaban J connectivity index is 2.25. The first-order chi connectivity index (χ1) is 9.67. The fourth-order valence-corrected chi connectivity index (χ4v) is 2.01. The molecule has 2 aromatic rings. The highest BCUT2D eigenvalue weighted by Crippen LogP contribution is 2.24. The standard InChI is InChI=1S/C15H20N4O/c1-4-13-11(8-16)9-17-15(19-13)18-12-6-5-10(2)14(7-12)20-3/h5-7,9H,4,8,16H2,1-3H3,(H,17,18,19). The molecule has 2 rings (SSSR count). The number of nitrogens with one attached hydrogen (secondary N) is 1. The monoisotopic (exact) mass is 272 g/mol. The van der Waals surface area contributed by atoms with Crippen molar-refractivity contribution in [3.63, 3.8) is 0 Å². The van der Waals surface area contributed by atoms with Crippen molar-refractivity contribution in [2.75, 3.05) is 12.4 Å². The minimum atomic E-state index is 0.460. The Morgan fingerprint density at radius 2 is 2.15 bits per heavy atom. The fraction of sp³-hybridized carbons (Fsp3) is 0.333. The van der Waals surface area contributed by atoms with Gasteiger partial charge >= 0.3 is 0 Å². The number of aromatic nitrogens is 2. The molecule has 0 atom stereocenters. The lowest BCUT2D eigenvalue weighted by atomic mass is 10.2. The highest BCUT2D eigenvalue weighted by Gasteiger charge is 2.06. The van der Waals surface area contributed by atoms with E-state index in [-0.39, 0.29) is 0 Å². The summed E-state index contributed by atoms with van der Waals surface area (Å²) in [7, 11) is 1.66. The lowest BCUT2D eigenvalue weighted by molar-refractivity contribution is 0.412. The molecule has 0 aliphatic heterocycles. The molecule has 0 saturated carbocycles. The number of rotatable bonds is 5. The lowest BCUT2D eigenvalue weighted by Crippen LogP contribution is -2.07. The molecule has 1 heterocycles. The average molecular weight is 272 g/mol. The second-order valence-corrected chi connectivity index (χ2v) is 4.53. The first kappa shape index (κ1) is 14.3. The van der Waals surface area contributed by atoms with Crippen LogP contribution >= 0.6 is 0 Å². The highest BCUT2D eigenvalue weighted by atomic mass is 16.5. The fourth-order valence-electron chi connectivity index (χ4n) is 2.01. The molecule has 1 aromatic heterocycles. The van der Waals surface area contributed by atoms with Crippen LogP contribution in [0.5, 0.6) is 5.75 Å². The number of anilines is 2. The minimum absolute atomic E-state index is 0.460. The van der Waals surface area contributed by atoms with Gasteiger partial charge in [0.2, 0.25) is 5.95 Å². The van der Waals surface area contributed by atoms with Gasteiger partial charge in [-0.1, -0.05) is 13.0 Å². The van der Waals surface area contributed by atoms with Crippen molar-refractivity contribution in [3.05, 3.63) is 41.2 Å². The van der Waals surface area contributed by atoms with Crippen molar-refractivity contribution in [2.45, 2.75) is 26.8 Å². The Morgan fingerprint density at radius 3 is 2.80 bits per heavy atom. The van der Waals surface area contributed by atoms with Crippen LogP contribution < -0.4 is 15.8 Å². The van der Waals surface area contributed by atoms with E-state index in [0.29, 0.717) is 12.5 Å². The van der Waals surface area contributed by atoms with Gasteiger partial charge in [0.25, 0.3) is 0 Å². The van der Waals surface area contributed by atoms with Crippen LogP contribution in [0.4, 0.5) is 11.6 Å². The van der Waals surface area contributed by atoms with Gasteiger partial charge in [-0.3, -0.25) is 0 Å². The lowest BCUT2D eigenvalue weighted by Gasteiger charge is -2.11. The smallest absolute Gasteiger partial charge is 0.227 e. The zero-order chi connectivity index (χ0) is 14.5. The summed E-state index contributed by atoms with van der Waals surface area (Å²) in [6.45, 7) is 4.52. The largest absolute Gasteiger partial charge is 0.496 e. The molecule has 0 aliphatic carbocycles. The van der Waals surface area contributed by atoms with Crippen LogP contribution in [0.1, 0.15) is 23.7 Å². The quantitative estimate of drug-likeness (QED) is 0.875. The topological polar surface area (TPSA) is 73.1 Å². The van der Waals surface area contributed by atoms with Crippen LogP contribution in [-0.2, 0) is 13.0 Å². The van der Waals surface area contributed by atoms with E-state index in [0.717, 1.165) is 34.7 Å². The number of ether oxygens (including phenoxy) is 1. The maximum Gasteiger partial charge on any atom is 0.227 e. The summed E-state index contributed by atoms with van der Waals surface area (Å²) in [5.41, 5.74) is 9.62. The van der Waals surface area contributed by atoms with E-state index >= 15 is 0 Å². The third-order valence-corrected chi connectivity index (χ3v) is 3.17. The molecule has 0 saturated heterocycles. The molecule has 0 aliphatic rings. The molecule has 0 unspecified atom stereocenters. The zero-order valence-electron chi connectivity index (χ0n) is 12.1. The molecule has 0 amide bonds. The number of hydrogen-bond donors (Lipinski definition) is 2. The SMILES string of the molecule is CCc1nc(Nc2ccc(C)c(OC)c2)ncc1CN. The Labute approximate surface area is 119 Å². The summed E-state index contributed by atoms with van der Waals surface area (Å²) in [5, 5.41) is 3.19. The van der Waals surface area contributed by atoms with Crippen molar-refractivity contribution in [1.82, 2.24) is 9.97 Å². The summed E-state index contributed by atoms with van der Waals surface area (Å²) in [6, 6.07) is 5.90. The van der Waals surface area contributed by atoms with Gasteiger partial charge in [-0.15, -0.1) is 0 Å². The summed E-state index contributed by atoms with van der Waals surface area (Å²) < 4.78 is 5.31. The van der Waals surface area contributed by atoms with E-state index < -0.39 is 0 Å². The molecule has 0 fully saturated rings. The maximum absolute atomic E-state index is 5.67. The van der Waals surface area contributed by atoms with Crippen molar-refractivity contribution in [2.24, 2.45) is 5.73 Å². The summed E-state index contributed by atoms with van der Waals surface area (Å²) >= 11 is 0. The van der Waals surface area contributed by atoms with E-state index in [1.54, 1.807) is 13.3 Å². The Morgan fingerprint density at radius 1 is 1.35 bits per heavy atom. The predicted octanol–water partition coefficient (Wildman–Crippen LogP) is 2.56. The number of hydrogen-bond acceptors (Lipinski definition) is 5. The van der Waals surface area contributed by atoms with Gasteiger partial charge in [-0.2, -0.15) is 0 Å². The molecule has 5 heteroatoms. The number of nitrogens with zero attached hydrogens (tertiary/aromatic N) is 2. The molecule has 0 radical (unpaired) electrons. The summed E-state index contributed by atoms with van der Waals surface area (Å²) in [4.78, 5) is 8.78. The first-order valence-corrected chi connectivity index (χ1v) is 6.64. The van der Waals surface area contributed by atoms with Crippen LogP contribution in [0.2, 0.25) is 0 Å². The number of methoxy groups -OCH3 is 1. The average Bonchev–Trinajstić information content (AvgIpc) is 2.49. The van der Waals surface area contributed by atoms with Crippen LogP contribution in [-0.4, -0.2) is 17.1 Å². The van der Waals surface area contributed by atoms with Gasteiger partial charge in [0, 0.05) is 30.1 Å². The van der Waals surface area contributed by atoms with Gasteiger partial charge in [0.1, 0.15) is 5.75 Å². The second kappa shape index (κ2) is 6.34. The Kier molecular flexibility index (Phi) is 4.53. The molecular formula is C15H20N4O.